The lowest BCUT2D eigenvalue weighted by Crippen LogP contribution is -2.52. The Morgan fingerprint density at radius 1 is 1.31 bits per heavy atom. The first kappa shape index (κ1) is 18.4. The van der Waals surface area contributed by atoms with E-state index in [-0.39, 0.29) is 18.3 Å². The molecule has 138 valence electrons. The van der Waals surface area contributed by atoms with Gasteiger partial charge in [0, 0.05) is 24.2 Å². The molecular formula is C20H23FN2O3. The molecule has 1 aliphatic rings. The molecule has 26 heavy (non-hydrogen) atoms. The van der Waals surface area contributed by atoms with E-state index in [4.69, 9.17) is 4.74 Å². The van der Waals surface area contributed by atoms with Gasteiger partial charge in [0.15, 0.2) is 0 Å². The molecule has 2 aromatic rings. The van der Waals surface area contributed by atoms with Crippen LogP contribution in [-0.4, -0.2) is 43.4 Å². The highest BCUT2D eigenvalue weighted by molar-refractivity contribution is 5.94. The Morgan fingerprint density at radius 2 is 2.08 bits per heavy atom. The Hall–Kier alpha value is -2.44. The highest BCUT2D eigenvalue weighted by Crippen LogP contribution is 2.30. The third-order valence-electron chi connectivity index (χ3n) is 4.65. The van der Waals surface area contributed by atoms with E-state index in [1.54, 1.807) is 30.3 Å². The number of nitrogens with one attached hydrogen (secondary N) is 2. The summed E-state index contributed by atoms with van der Waals surface area (Å²) >= 11 is 0. The highest BCUT2D eigenvalue weighted by Gasteiger charge is 2.29. The fraction of sp³-hybridized carbons (Fsp3) is 0.350. The minimum absolute atomic E-state index is 0.207. The molecule has 0 bridgehead atoms. The number of rotatable bonds is 5. The number of ether oxygens (including phenoxy) is 1. The van der Waals surface area contributed by atoms with Gasteiger partial charge in [0.05, 0.1) is 12.7 Å². The van der Waals surface area contributed by atoms with Gasteiger partial charge in [-0.05, 0) is 55.3 Å². The molecule has 1 heterocycles. The molecule has 0 unspecified atom stereocenters. The molecule has 1 atom stereocenters. The van der Waals surface area contributed by atoms with E-state index < -0.39 is 5.60 Å². The summed E-state index contributed by atoms with van der Waals surface area (Å²) in [7, 11) is 1.53. The van der Waals surface area contributed by atoms with Crippen molar-refractivity contribution in [2.75, 3.05) is 26.7 Å². The predicted octanol–water partition coefficient (Wildman–Crippen LogP) is 2.35. The van der Waals surface area contributed by atoms with Crippen molar-refractivity contribution in [1.29, 1.82) is 0 Å². The Kier molecular flexibility index (Phi) is 5.54. The number of β-amino-alcohol motifs (C(OH)–C–C–N with tert-alkyl or cyclic N) is 1. The molecule has 0 saturated carbocycles. The van der Waals surface area contributed by atoms with Crippen molar-refractivity contribution in [2.24, 2.45) is 0 Å². The van der Waals surface area contributed by atoms with Crippen LogP contribution in [0.15, 0.2) is 42.5 Å². The van der Waals surface area contributed by atoms with Gasteiger partial charge >= 0.3 is 0 Å². The molecule has 2 aromatic carbocycles. The van der Waals surface area contributed by atoms with Crippen LogP contribution in [0.4, 0.5) is 4.39 Å². The molecule has 0 aromatic heterocycles. The molecule has 1 saturated heterocycles. The summed E-state index contributed by atoms with van der Waals surface area (Å²) < 4.78 is 18.8. The molecule has 5 nitrogen and oxygen atoms in total. The number of carbonyl (C=O) groups is 1. The first-order valence-electron chi connectivity index (χ1n) is 8.66. The Labute approximate surface area is 152 Å². The molecule has 3 N–H and O–H groups in total. The monoisotopic (exact) mass is 358 g/mol. The van der Waals surface area contributed by atoms with Gasteiger partial charge in [-0.1, -0.05) is 12.1 Å². The zero-order valence-electron chi connectivity index (χ0n) is 14.7. The lowest BCUT2D eigenvalue weighted by atomic mass is 9.94. The Morgan fingerprint density at radius 3 is 2.73 bits per heavy atom. The third kappa shape index (κ3) is 4.20. The van der Waals surface area contributed by atoms with Gasteiger partial charge in [0.2, 0.25) is 0 Å². The van der Waals surface area contributed by atoms with Crippen LogP contribution in [0, 0.1) is 5.82 Å². The van der Waals surface area contributed by atoms with Crippen LogP contribution in [0.5, 0.6) is 5.75 Å². The van der Waals surface area contributed by atoms with E-state index in [9.17, 15) is 14.3 Å². The molecule has 1 fully saturated rings. The smallest absolute Gasteiger partial charge is 0.251 e. The summed E-state index contributed by atoms with van der Waals surface area (Å²) in [6.07, 6.45) is 1.55. The van der Waals surface area contributed by atoms with E-state index >= 15 is 0 Å². The number of hydrogen-bond acceptors (Lipinski definition) is 4. The van der Waals surface area contributed by atoms with E-state index in [1.165, 1.54) is 19.2 Å². The van der Waals surface area contributed by atoms with Crippen LogP contribution in [-0.2, 0) is 0 Å². The van der Waals surface area contributed by atoms with Gasteiger partial charge in [-0.15, -0.1) is 0 Å². The minimum Gasteiger partial charge on any atom is -0.496 e. The van der Waals surface area contributed by atoms with Crippen molar-refractivity contribution in [1.82, 2.24) is 10.6 Å². The van der Waals surface area contributed by atoms with Crippen molar-refractivity contribution in [3.05, 3.63) is 53.8 Å². The van der Waals surface area contributed by atoms with Gasteiger partial charge in [-0.25, -0.2) is 4.39 Å². The molecular weight excluding hydrogens is 335 g/mol. The number of piperidine rings is 1. The second-order valence-corrected chi connectivity index (χ2v) is 6.61. The molecule has 3 rings (SSSR count). The van der Waals surface area contributed by atoms with E-state index in [1.807, 2.05) is 0 Å². The van der Waals surface area contributed by atoms with Crippen LogP contribution < -0.4 is 15.4 Å². The molecule has 6 heteroatoms. The number of amides is 1. The van der Waals surface area contributed by atoms with Crippen LogP contribution in [0.3, 0.4) is 0 Å². The summed E-state index contributed by atoms with van der Waals surface area (Å²) in [6.45, 7) is 1.57. The van der Waals surface area contributed by atoms with Gasteiger partial charge in [-0.2, -0.15) is 0 Å². The lowest BCUT2D eigenvalue weighted by Gasteiger charge is -2.32. The average Bonchev–Trinajstić information content (AvgIpc) is 2.67. The number of halogens is 1. The maximum Gasteiger partial charge on any atom is 0.251 e. The first-order chi connectivity index (χ1) is 12.5. The van der Waals surface area contributed by atoms with E-state index in [0.29, 0.717) is 29.8 Å². The van der Waals surface area contributed by atoms with Gasteiger partial charge in [-0.3, -0.25) is 4.79 Å². The van der Waals surface area contributed by atoms with Crippen molar-refractivity contribution in [3.63, 3.8) is 0 Å². The van der Waals surface area contributed by atoms with Gasteiger partial charge < -0.3 is 20.5 Å². The summed E-state index contributed by atoms with van der Waals surface area (Å²) in [6, 6.07) is 11.2. The zero-order chi connectivity index (χ0) is 18.6. The second-order valence-electron chi connectivity index (χ2n) is 6.61. The van der Waals surface area contributed by atoms with Crippen LogP contribution in [0.1, 0.15) is 23.2 Å². The van der Waals surface area contributed by atoms with E-state index in [0.717, 1.165) is 18.5 Å². The highest BCUT2D eigenvalue weighted by atomic mass is 19.1. The molecule has 0 radical (unpaired) electrons. The quantitative estimate of drug-likeness (QED) is 0.767. The number of carbonyl (C=O) groups excluding carboxylic acids is 1. The summed E-state index contributed by atoms with van der Waals surface area (Å²) in [5.74, 6) is -0.0330. The second kappa shape index (κ2) is 7.85. The topological polar surface area (TPSA) is 70.6 Å². The Balaban J connectivity index is 1.69. The number of aliphatic hydroxyl groups is 1. The predicted molar refractivity (Wildman–Crippen MR) is 97.8 cm³/mol. The lowest BCUT2D eigenvalue weighted by molar-refractivity contribution is 0.0170. The normalized spacial score (nSPS) is 19.8. The SMILES string of the molecule is COc1ccc(F)cc1-c1ccc(C(=O)NC[C@@]2(O)CCCNC2)cc1. The number of hydrogen-bond donors (Lipinski definition) is 3. The number of benzene rings is 2. The van der Waals surface area contributed by atoms with Crippen molar-refractivity contribution in [2.45, 2.75) is 18.4 Å². The van der Waals surface area contributed by atoms with E-state index in [2.05, 4.69) is 10.6 Å². The van der Waals surface area contributed by atoms with Crippen molar-refractivity contribution >= 4 is 5.91 Å². The average molecular weight is 358 g/mol. The maximum atomic E-state index is 13.5. The van der Waals surface area contributed by atoms with Gasteiger partial charge in [0.1, 0.15) is 11.6 Å². The Bertz CT molecular complexity index is 771. The van der Waals surface area contributed by atoms with Gasteiger partial charge in [0.25, 0.3) is 5.91 Å². The van der Waals surface area contributed by atoms with Crippen molar-refractivity contribution < 1.29 is 19.0 Å². The molecule has 0 aliphatic carbocycles. The largest absolute Gasteiger partial charge is 0.496 e. The van der Waals surface area contributed by atoms with Crippen LogP contribution in [0.25, 0.3) is 11.1 Å². The first-order valence-corrected chi connectivity index (χ1v) is 8.66. The zero-order valence-corrected chi connectivity index (χ0v) is 14.7. The maximum absolute atomic E-state index is 13.5. The van der Waals surface area contributed by atoms with Crippen molar-refractivity contribution in [3.8, 4) is 16.9 Å². The summed E-state index contributed by atoms with van der Waals surface area (Å²) in [4.78, 5) is 12.3. The molecule has 1 aliphatic heterocycles. The standard InChI is InChI=1S/C20H23FN2O3/c1-26-18-8-7-16(21)11-17(18)14-3-5-15(6-4-14)19(24)23-13-20(25)9-2-10-22-12-20/h3-8,11,22,25H,2,9-10,12-13H2,1H3,(H,23,24)/t20-/m1/s1. The molecule has 1 amide bonds. The minimum atomic E-state index is -0.900. The summed E-state index contributed by atoms with van der Waals surface area (Å²) in [5, 5.41) is 16.3. The molecule has 0 spiro atoms. The van der Waals surface area contributed by atoms with Crippen LogP contribution >= 0.6 is 0 Å². The fourth-order valence-electron chi connectivity index (χ4n) is 3.16. The summed E-state index contributed by atoms with van der Waals surface area (Å²) in [5.41, 5.74) is 0.967. The number of methoxy groups -OCH3 is 1. The third-order valence-corrected chi connectivity index (χ3v) is 4.65. The van der Waals surface area contributed by atoms with Crippen LogP contribution in [0.2, 0.25) is 0 Å². The fourth-order valence-corrected chi connectivity index (χ4v) is 3.16.